The van der Waals surface area contributed by atoms with Crippen LogP contribution in [0.4, 0.5) is 0 Å². The second kappa shape index (κ2) is 6.99. The number of esters is 1. The molecular weight excluding hydrogens is 340 g/mol. The van der Waals surface area contributed by atoms with Crippen molar-refractivity contribution in [2.75, 3.05) is 7.11 Å². The summed E-state index contributed by atoms with van der Waals surface area (Å²) < 4.78 is 5.09. The summed E-state index contributed by atoms with van der Waals surface area (Å²) in [5.41, 5.74) is 3.34. The van der Waals surface area contributed by atoms with Crippen molar-refractivity contribution in [1.82, 2.24) is 5.01 Å². The number of aryl methyl sites for hydroxylation is 1. The van der Waals surface area contributed by atoms with Crippen LogP contribution in [0, 0.1) is 12.8 Å². The van der Waals surface area contributed by atoms with Gasteiger partial charge in [-0.05, 0) is 42.9 Å². The van der Waals surface area contributed by atoms with Crippen LogP contribution >= 0.6 is 0 Å². The van der Waals surface area contributed by atoms with E-state index in [0.717, 1.165) is 29.5 Å². The van der Waals surface area contributed by atoms with Crippen molar-refractivity contribution < 1.29 is 14.3 Å². The lowest BCUT2D eigenvalue weighted by atomic mass is 9.81. The predicted octanol–water partition coefficient (Wildman–Crippen LogP) is 3.52. The lowest BCUT2D eigenvalue weighted by molar-refractivity contribution is -0.144. The van der Waals surface area contributed by atoms with Crippen LogP contribution in [0.1, 0.15) is 45.8 Å². The van der Waals surface area contributed by atoms with Crippen molar-refractivity contribution in [2.24, 2.45) is 11.0 Å². The van der Waals surface area contributed by atoms with Crippen molar-refractivity contribution in [2.45, 2.75) is 31.7 Å². The maximum absolute atomic E-state index is 13.2. The summed E-state index contributed by atoms with van der Waals surface area (Å²) in [7, 11) is 1.39. The topological polar surface area (TPSA) is 59.0 Å². The molecule has 1 heterocycles. The number of methoxy groups -OCH3 is 1. The molecule has 0 spiro atoms. The van der Waals surface area contributed by atoms with Gasteiger partial charge in [0.25, 0.3) is 5.91 Å². The van der Waals surface area contributed by atoms with Gasteiger partial charge in [0.2, 0.25) is 0 Å². The number of rotatable bonds is 4. The molecule has 1 aliphatic carbocycles. The number of amides is 1. The molecule has 1 fully saturated rings. The molecule has 0 aromatic heterocycles. The molecule has 1 saturated carbocycles. The summed E-state index contributed by atoms with van der Waals surface area (Å²) in [4.78, 5) is 25.8. The smallest absolute Gasteiger partial charge is 0.315 e. The van der Waals surface area contributed by atoms with Gasteiger partial charge in [-0.25, -0.2) is 5.01 Å². The van der Waals surface area contributed by atoms with Crippen LogP contribution in [0.2, 0.25) is 0 Å². The minimum Gasteiger partial charge on any atom is -0.468 e. The van der Waals surface area contributed by atoms with E-state index in [1.165, 1.54) is 12.1 Å². The maximum Gasteiger partial charge on any atom is 0.315 e. The van der Waals surface area contributed by atoms with Gasteiger partial charge in [-0.15, -0.1) is 0 Å². The molecule has 2 aliphatic rings. The standard InChI is InChI=1S/C22H22N2O3/c1-14-7-9-15(10-8-14)13-23-24-20(16-11-12-16)19(22(26)27-2)17-5-3-4-6-18(17)21(24)25/h3-10,13,16,19-20H,11-12H2,1-2H3/b23-13+/t19-,20+/m1/s1. The third kappa shape index (κ3) is 3.25. The number of hydrogen-bond acceptors (Lipinski definition) is 4. The molecule has 0 N–H and O–H groups in total. The van der Waals surface area contributed by atoms with E-state index in [0.29, 0.717) is 5.56 Å². The van der Waals surface area contributed by atoms with Crippen molar-refractivity contribution in [3.05, 3.63) is 70.8 Å². The van der Waals surface area contributed by atoms with Gasteiger partial charge < -0.3 is 4.74 Å². The second-order valence-electron chi connectivity index (χ2n) is 7.22. The lowest BCUT2D eigenvalue weighted by Gasteiger charge is -2.38. The van der Waals surface area contributed by atoms with Crippen LogP contribution in [0.3, 0.4) is 0 Å². The molecule has 2 aromatic carbocycles. The Hall–Kier alpha value is -2.95. The molecule has 138 valence electrons. The van der Waals surface area contributed by atoms with E-state index < -0.39 is 5.92 Å². The molecule has 0 bridgehead atoms. The molecule has 4 rings (SSSR count). The molecule has 1 aliphatic heterocycles. The number of carbonyl (C=O) groups is 2. The van der Waals surface area contributed by atoms with E-state index in [-0.39, 0.29) is 23.8 Å². The first kappa shape index (κ1) is 17.5. The normalized spacial score (nSPS) is 22.0. The van der Waals surface area contributed by atoms with E-state index in [2.05, 4.69) is 5.10 Å². The molecule has 1 amide bonds. The minimum absolute atomic E-state index is 0.161. The van der Waals surface area contributed by atoms with Gasteiger partial charge in [-0.1, -0.05) is 48.0 Å². The van der Waals surface area contributed by atoms with Crippen molar-refractivity contribution >= 4 is 18.1 Å². The molecule has 27 heavy (non-hydrogen) atoms. The van der Waals surface area contributed by atoms with Crippen molar-refractivity contribution in [3.8, 4) is 0 Å². The zero-order valence-electron chi connectivity index (χ0n) is 15.5. The minimum atomic E-state index is -0.508. The van der Waals surface area contributed by atoms with Gasteiger partial charge in [-0.2, -0.15) is 5.10 Å². The summed E-state index contributed by atoms with van der Waals surface area (Å²) in [5, 5.41) is 6.03. The predicted molar refractivity (Wildman–Crippen MR) is 103 cm³/mol. The third-order valence-corrected chi connectivity index (χ3v) is 5.33. The van der Waals surface area contributed by atoms with Gasteiger partial charge in [0.1, 0.15) is 5.92 Å². The summed E-state index contributed by atoms with van der Waals surface area (Å²) in [6, 6.07) is 14.9. The quantitative estimate of drug-likeness (QED) is 0.618. The Kier molecular flexibility index (Phi) is 4.52. The molecule has 5 heteroatoms. The molecule has 2 atom stereocenters. The van der Waals surface area contributed by atoms with Crippen LogP contribution in [0.25, 0.3) is 0 Å². The zero-order chi connectivity index (χ0) is 19.0. The average molecular weight is 362 g/mol. The number of ether oxygens (including phenoxy) is 1. The van der Waals surface area contributed by atoms with Gasteiger partial charge >= 0.3 is 5.97 Å². The Morgan fingerprint density at radius 1 is 1.15 bits per heavy atom. The number of nitrogens with zero attached hydrogens (tertiary/aromatic N) is 2. The highest BCUT2D eigenvalue weighted by Crippen LogP contribution is 2.46. The Morgan fingerprint density at radius 2 is 1.85 bits per heavy atom. The summed E-state index contributed by atoms with van der Waals surface area (Å²) in [6.07, 6.45) is 3.67. The number of hydrogen-bond donors (Lipinski definition) is 0. The Labute approximate surface area is 158 Å². The van der Waals surface area contributed by atoms with Crippen molar-refractivity contribution in [3.63, 3.8) is 0 Å². The number of hydrazone groups is 1. The highest BCUT2D eigenvalue weighted by molar-refractivity contribution is 6.01. The van der Waals surface area contributed by atoms with Gasteiger partial charge in [0.15, 0.2) is 0 Å². The van der Waals surface area contributed by atoms with E-state index in [9.17, 15) is 9.59 Å². The number of carbonyl (C=O) groups excluding carboxylic acids is 2. The molecule has 0 radical (unpaired) electrons. The highest BCUT2D eigenvalue weighted by Gasteiger charge is 2.50. The first-order valence-corrected chi connectivity index (χ1v) is 9.21. The third-order valence-electron chi connectivity index (χ3n) is 5.33. The molecular formula is C22H22N2O3. The molecule has 0 unspecified atom stereocenters. The van der Waals surface area contributed by atoms with Crippen molar-refractivity contribution in [1.29, 1.82) is 0 Å². The first-order chi connectivity index (χ1) is 13.1. The van der Waals surface area contributed by atoms with Crippen LogP contribution in [-0.2, 0) is 9.53 Å². The maximum atomic E-state index is 13.2. The number of benzene rings is 2. The van der Waals surface area contributed by atoms with E-state index in [1.54, 1.807) is 12.3 Å². The summed E-state index contributed by atoms with van der Waals surface area (Å²) in [6.45, 7) is 2.02. The highest BCUT2D eigenvalue weighted by atomic mass is 16.5. The Balaban J connectivity index is 1.76. The summed E-state index contributed by atoms with van der Waals surface area (Å²) in [5.74, 6) is -0.721. The van der Waals surface area contributed by atoms with Crippen LogP contribution in [-0.4, -0.2) is 36.3 Å². The summed E-state index contributed by atoms with van der Waals surface area (Å²) >= 11 is 0. The van der Waals surface area contributed by atoms with Crippen LogP contribution in [0.15, 0.2) is 53.6 Å². The lowest BCUT2D eigenvalue weighted by Crippen LogP contribution is -2.49. The zero-order valence-corrected chi connectivity index (χ0v) is 15.5. The Morgan fingerprint density at radius 3 is 2.52 bits per heavy atom. The largest absolute Gasteiger partial charge is 0.468 e. The fourth-order valence-corrected chi connectivity index (χ4v) is 3.76. The second-order valence-corrected chi connectivity index (χ2v) is 7.22. The van der Waals surface area contributed by atoms with E-state index >= 15 is 0 Å². The van der Waals surface area contributed by atoms with Crippen LogP contribution in [0.5, 0.6) is 0 Å². The molecule has 0 saturated heterocycles. The number of fused-ring (bicyclic) bond motifs is 1. The van der Waals surface area contributed by atoms with Gasteiger partial charge in [0.05, 0.1) is 19.4 Å². The van der Waals surface area contributed by atoms with Crippen LogP contribution < -0.4 is 0 Å². The van der Waals surface area contributed by atoms with Gasteiger partial charge in [-0.3, -0.25) is 9.59 Å². The SMILES string of the molecule is COC(=O)[C@@H]1c2ccccc2C(=O)N(/N=C/c2ccc(C)cc2)[C@H]1C1CC1. The molecule has 2 aromatic rings. The molecule has 5 nitrogen and oxygen atoms in total. The fourth-order valence-electron chi connectivity index (χ4n) is 3.76. The monoisotopic (exact) mass is 362 g/mol. The van der Waals surface area contributed by atoms with E-state index in [4.69, 9.17) is 4.74 Å². The first-order valence-electron chi connectivity index (χ1n) is 9.21. The Bertz CT molecular complexity index is 900. The fraction of sp³-hybridized carbons (Fsp3) is 0.318. The average Bonchev–Trinajstić information content (AvgIpc) is 3.53. The van der Waals surface area contributed by atoms with Gasteiger partial charge in [0, 0.05) is 5.56 Å². The van der Waals surface area contributed by atoms with E-state index in [1.807, 2.05) is 49.4 Å².